The summed E-state index contributed by atoms with van der Waals surface area (Å²) in [6, 6.07) is 2.08. The van der Waals surface area contributed by atoms with Crippen LogP contribution in [0.5, 0.6) is 0 Å². The maximum Gasteiger partial charge on any atom is 0.353 e. The number of nitriles is 1. The van der Waals surface area contributed by atoms with Crippen molar-refractivity contribution in [2.75, 3.05) is 54.2 Å². The van der Waals surface area contributed by atoms with Crippen LogP contribution in [0.4, 0.5) is 0 Å². The van der Waals surface area contributed by atoms with Crippen molar-refractivity contribution in [1.29, 1.82) is 5.26 Å². The number of rotatable bonds is 19. The van der Waals surface area contributed by atoms with Crippen LogP contribution in [0, 0.1) is 18.3 Å². The highest BCUT2D eigenvalue weighted by Crippen LogP contribution is 2.51. The Balaban J connectivity index is 2.62. The zero-order valence-corrected chi connectivity index (χ0v) is 26.3. The molecule has 1 aliphatic heterocycles. The summed E-state index contributed by atoms with van der Waals surface area (Å²) in [5.41, 5.74) is -0.918. The molecule has 1 aromatic rings. The van der Waals surface area contributed by atoms with Crippen LogP contribution < -0.4 is 11.2 Å². The Kier molecular flexibility index (Phi) is 15.6. The van der Waals surface area contributed by atoms with Crippen LogP contribution in [0.3, 0.4) is 0 Å². The molecule has 0 bridgehead atoms. The van der Waals surface area contributed by atoms with Crippen LogP contribution in [-0.2, 0) is 36.9 Å². The van der Waals surface area contributed by atoms with Crippen molar-refractivity contribution in [1.82, 2.24) is 14.2 Å². The molecule has 232 valence electrons. The van der Waals surface area contributed by atoms with E-state index in [9.17, 15) is 14.2 Å². The van der Waals surface area contributed by atoms with Gasteiger partial charge in [0, 0.05) is 52.0 Å². The van der Waals surface area contributed by atoms with E-state index >= 15 is 0 Å². The van der Waals surface area contributed by atoms with E-state index in [2.05, 4.69) is 15.7 Å². The molecule has 41 heavy (non-hydrogen) atoms. The number of methoxy groups -OCH3 is 1. The van der Waals surface area contributed by atoms with Gasteiger partial charge in [0.25, 0.3) is 14.1 Å². The molecule has 1 N–H and O–H groups in total. The van der Waals surface area contributed by atoms with Gasteiger partial charge in [0.05, 0.1) is 32.3 Å². The van der Waals surface area contributed by atoms with Gasteiger partial charge in [-0.25, -0.2) is 9.46 Å². The SMILES string of the molecule is CCCN(CCC)P(OCCC#N)O[C@H]1[C@@H](OCCOC)[C@H](n2cc(C)c(=O)[nH]c2=O)O[C@@H]1/C=C/P(=O)(OC)OC. The van der Waals surface area contributed by atoms with E-state index < -0.39 is 51.9 Å². The fourth-order valence-electron chi connectivity index (χ4n) is 4.01. The summed E-state index contributed by atoms with van der Waals surface area (Å²) in [6.45, 7) is 7.56. The second-order valence-corrected chi connectivity index (χ2v) is 12.7. The molecule has 2 rings (SSSR count). The summed E-state index contributed by atoms with van der Waals surface area (Å²) in [6.07, 6.45) is 1.02. The monoisotopic (exact) mass is 620 g/mol. The van der Waals surface area contributed by atoms with Gasteiger partial charge in [0.1, 0.15) is 18.3 Å². The van der Waals surface area contributed by atoms with E-state index in [0.717, 1.165) is 12.8 Å². The van der Waals surface area contributed by atoms with Crippen LogP contribution in [0.2, 0.25) is 0 Å². The van der Waals surface area contributed by atoms with Gasteiger partial charge in [-0.3, -0.25) is 18.9 Å². The van der Waals surface area contributed by atoms with Gasteiger partial charge in [0.15, 0.2) is 6.23 Å². The predicted molar refractivity (Wildman–Crippen MR) is 152 cm³/mol. The Morgan fingerprint density at radius 3 is 2.41 bits per heavy atom. The zero-order valence-electron chi connectivity index (χ0n) is 24.5. The van der Waals surface area contributed by atoms with Crippen LogP contribution in [0.15, 0.2) is 27.7 Å². The lowest BCUT2D eigenvalue weighted by Gasteiger charge is -2.33. The van der Waals surface area contributed by atoms with Gasteiger partial charge < -0.3 is 32.3 Å². The van der Waals surface area contributed by atoms with Crippen molar-refractivity contribution >= 4 is 16.1 Å². The van der Waals surface area contributed by atoms with Crippen LogP contribution in [-0.4, -0.2) is 86.8 Å². The van der Waals surface area contributed by atoms with Gasteiger partial charge in [-0.05, 0) is 25.8 Å². The molecule has 0 saturated carbocycles. The molecule has 1 aliphatic rings. The van der Waals surface area contributed by atoms with Gasteiger partial charge >= 0.3 is 13.3 Å². The van der Waals surface area contributed by atoms with Gasteiger partial charge in [0.2, 0.25) is 0 Å². The molecule has 1 saturated heterocycles. The lowest BCUT2D eigenvalue weighted by atomic mass is 10.1. The molecule has 0 spiro atoms. The van der Waals surface area contributed by atoms with E-state index in [4.69, 9.17) is 37.6 Å². The van der Waals surface area contributed by atoms with Gasteiger partial charge in [-0.2, -0.15) is 5.26 Å². The molecular weight excluding hydrogens is 578 g/mol. The topological polar surface area (TPSA) is 164 Å². The van der Waals surface area contributed by atoms with Crippen molar-refractivity contribution in [3.05, 3.63) is 44.5 Å². The maximum absolute atomic E-state index is 12.9. The first-order valence-corrected chi connectivity index (χ1v) is 16.1. The van der Waals surface area contributed by atoms with Crippen LogP contribution in [0.1, 0.15) is 44.9 Å². The number of nitrogens with zero attached hydrogens (tertiary/aromatic N) is 3. The molecule has 2 heterocycles. The molecule has 0 aromatic carbocycles. The van der Waals surface area contributed by atoms with Crippen molar-refractivity contribution in [2.45, 2.75) is 64.6 Å². The van der Waals surface area contributed by atoms with Gasteiger partial charge in [-0.15, -0.1) is 0 Å². The number of aryl methyl sites for hydroxylation is 1. The number of hydrogen-bond acceptors (Lipinski definition) is 12. The minimum Gasteiger partial charge on any atom is -0.382 e. The molecule has 0 amide bonds. The first-order chi connectivity index (χ1) is 19.7. The molecule has 1 aromatic heterocycles. The lowest BCUT2D eigenvalue weighted by Crippen LogP contribution is -2.41. The average Bonchev–Trinajstić information content (AvgIpc) is 3.29. The highest BCUT2D eigenvalue weighted by molar-refractivity contribution is 7.57. The molecule has 1 fully saturated rings. The predicted octanol–water partition coefficient (Wildman–Crippen LogP) is 3.44. The first kappa shape index (κ1) is 35.4. The Morgan fingerprint density at radius 2 is 1.83 bits per heavy atom. The maximum atomic E-state index is 12.9. The van der Waals surface area contributed by atoms with Gasteiger partial charge in [-0.1, -0.05) is 13.8 Å². The van der Waals surface area contributed by atoms with Crippen LogP contribution in [0.25, 0.3) is 0 Å². The quantitative estimate of drug-likeness (QED) is 0.177. The third kappa shape index (κ3) is 10.2. The number of H-pyrrole nitrogens is 1. The highest BCUT2D eigenvalue weighted by Gasteiger charge is 2.49. The Labute approximate surface area is 242 Å². The third-order valence-electron chi connectivity index (χ3n) is 6.03. The van der Waals surface area contributed by atoms with Crippen molar-refractivity contribution < 1.29 is 36.9 Å². The minimum atomic E-state index is -3.58. The van der Waals surface area contributed by atoms with Crippen LogP contribution >= 0.6 is 16.1 Å². The molecule has 14 nitrogen and oxygen atoms in total. The summed E-state index contributed by atoms with van der Waals surface area (Å²) in [4.78, 5) is 27.3. The summed E-state index contributed by atoms with van der Waals surface area (Å²) in [5, 5.41) is 9.09. The summed E-state index contributed by atoms with van der Waals surface area (Å²) >= 11 is 0. The van der Waals surface area contributed by atoms with E-state index in [-0.39, 0.29) is 26.2 Å². The second-order valence-electron chi connectivity index (χ2n) is 9.05. The molecular formula is C25H42N4O10P2. The molecule has 16 heteroatoms. The standard InChI is InChI=1S/C25H42N4O10P2/c1-7-12-28(13-8-2)40(37-14-9-11-26)39-21-20(10-17-41(32,34-5)35-6)38-24(22(21)36-16-15-33-4)29-18-19(3)23(30)27-25(29)31/h10,17-18,20-22,24H,7-9,12-16H2,1-6H3,(H,27,30,31)/b17-10+/t20-,21-,22-,24-,40?/m1/s1. The molecule has 1 unspecified atom stereocenters. The summed E-state index contributed by atoms with van der Waals surface area (Å²) in [5.74, 6) is 1.26. The molecule has 0 radical (unpaired) electrons. The van der Waals surface area contributed by atoms with E-state index in [0.29, 0.717) is 18.7 Å². The fraction of sp³-hybridized carbons (Fsp3) is 0.720. The number of nitrogens with one attached hydrogen (secondary N) is 1. The highest BCUT2D eigenvalue weighted by atomic mass is 31.2. The average molecular weight is 621 g/mol. The number of aromatic amines is 1. The first-order valence-electron chi connectivity index (χ1n) is 13.4. The number of aromatic nitrogens is 2. The number of hydrogen-bond donors (Lipinski definition) is 1. The van der Waals surface area contributed by atoms with E-state index in [1.165, 1.54) is 44.0 Å². The van der Waals surface area contributed by atoms with Crippen molar-refractivity contribution in [3.63, 3.8) is 0 Å². The van der Waals surface area contributed by atoms with Crippen molar-refractivity contribution in [2.24, 2.45) is 0 Å². The number of ether oxygens (including phenoxy) is 3. The molecule has 5 atom stereocenters. The summed E-state index contributed by atoms with van der Waals surface area (Å²) < 4.78 is 56.6. The minimum absolute atomic E-state index is 0.143. The smallest absolute Gasteiger partial charge is 0.353 e. The second kappa shape index (κ2) is 18.0. The largest absolute Gasteiger partial charge is 0.382 e. The Bertz CT molecular complexity index is 1160. The summed E-state index contributed by atoms with van der Waals surface area (Å²) in [7, 11) is -1.23. The normalized spacial score (nSPS) is 22.0. The Hall–Kier alpha value is -1.75. The van der Waals surface area contributed by atoms with E-state index in [1.807, 2.05) is 13.8 Å². The van der Waals surface area contributed by atoms with E-state index in [1.54, 1.807) is 6.92 Å². The molecule has 0 aliphatic carbocycles. The third-order valence-corrected chi connectivity index (χ3v) is 9.28. The lowest BCUT2D eigenvalue weighted by molar-refractivity contribution is -0.0765. The zero-order chi connectivity index (χ0) is 30.4. The van der Waals surface area contributed by atoms with Crippen molar-refractivity contribution in [3.8, 4) is 6.07 Å². The fourth-order valence-corrected chi connectivity index (χ4v) is 6.57. The Morgan fingerprint density at radius 1 is 1.15 bits per heavy atom.